The molecular formula is C22H31NO5. The van der Waals surface area contributed by atoms with Gasteiger partial charge in [-0.1, -0.05) is 18.2 Å². The van der Waals surface area contributed by atoms with Gasteiger partial charge < -0.3 is 14.2 Å². The van der Waals surface area contributed by atoms with E-state index in [1.54, 1.807) is 4.90 Å². The Labute approximate surface area is 167 Å². The highest BCUT2D eigenvalue weighted by molar-refractivity contribution is 5.81. The quantitative estimate of drug-likeness (QED) is 0.692. The van der Waals surface area contributed by atoms with Gasteiger partial charge in [0, 0.05) is 12.3 Å². The van der Waals surface area contributed by atoms with E-state index in [0.717, 1.165) is 5.75 Å². The molecule has 0 saturated carbocycles. The topological polar surface area (TPSA) is 65.1 Å². The lowest BCUT2D eigenvalue weighted by Gasteiger charge is -2.47. The highest BCUT2D eigenvalue weighted by atomic mass is 16.6. The largest absolute Gasteiger partial charge is 0.494 e. The second kappa shape index (κ2) is 8.95. The Bertz CT molecular complexity index is 655. The zero-order valence-electron chi connectivity index (χ0n) is 17.1. The summed E-state index contributed by atoms with van der Waals surface area (Å²) >= 11 is 0. The molecule has 0 aromatic heterocycles. The summed E-state index contributed by atoms with van der Waals surface area (Å²) < 4.78 is 16.9. The highest BCUT2D eigenvalue weighted by Crippen LogP contribution is 2.34. The fourth-order valence-electron chi connectivity index (χ4n) is 3.95. The van der Waals surface area contributed by atoms with Crippen molar-refractivity contribution in [1.29, 1.82) is 0 Å². The number of rotatable bonds is 6. The van der Waals surface area contributed by atoms with Crippen LogP contribution in [0.2, 0.25) is 0 Å². The van der Waals surface area contributed by atoms with Crippen LogP contribution in [0.3, 0.4) is 0 Å². The van der Waals surface area contributed by atoms with Crippen molar-refractivity contribution in [1.82, 2.24) is 4.90 Å². The van der Waals surface area contributed by atoms with Crippen molar-refractivity contribution in [3.63, 3.8) is 0 Å². The van der Waals surface area contributed by atoms with Gasteiger partial charge in [0.1, 0.15) is 17.1 Å². The first-order chi connectivity index (χ1) is 13.3. The maximum absolute atomic E-state index is 12.7. The Kier molecular flexibility index (Phi) is 6.60. The maximum Gasteiger partial charge on any atom is 0.410 e. The van der Waals surface area contributed by atoms with Crippen molar-refractivity contribution < 1.29 is 23.8 Å². The number of Topliss-reactive ketones (excluding diaryl/α,β-unsaturated/α-hetero) is 1. The molecule has 0 N–H and O–H groups in total. The lowest BCUT2D eigenvalue weighted by atomic mass is 9.81. The lowest BCUT2D eigenvalue weighted by Crippen LogP contribution is -2.60. The van der Waals surface area contributed by atoms with E-state index in [9.17, 15) is 9.59 Å². The molecule has 28 heavy (non-hydrogen) atoms. The van der Waals surface area contributed by atoms with Gasteiger partial charge in [-0.2, -0.15) is 0 Å². The summed E-state index contributed by atoms with van der Waals surface area (Å²) in [4.78, 5) is 27.1. The Morgan fingerprint density at radius 2 is 1.75 bits per heavy atom. The smallest absolute Gasteiger partial charge is 0.410 e. The number of hydrogen-bond donors (Lipinski definition) is 0. The summed E-state index contributed by atoms with van der Waals surface area (Å²) in [5.74, 6) is 1.07. The van der Waals surface area contributed by atoms with E-state index >= 15 is 0 Å². The molecule has 2 aliphatic rings. The van der Waals surface area contributed by atoms with Gasteiger partial charge in [-0.25, -0.2) is 4.79 Å². The van der Waals surface area contributed by atoms with Gasteiger partial charge in [0.2, 0.25) is 0 Å². The SMILES string of the molecule is CC(C)(C)OC(=O)N1C2COCC1CC(C(=O)CCCOc1ccccc1)C2. The second-order valence-electron chi connectivity index (χ2n) is 8.63. The molecule has 2 atom stereocenters. The summed E-state index contributed by atoms with van der Waals surface area (Å²) in [6, 6.07) is 9.46. The van der Waals surface area contributed by atoms with Crippen LogP contribution in [0.4, 0.5) is 4.79 Å². The molecule has 154 valence electrons. The Hall–Kier alpha value is -2.08. The van der Waals surface area contributed by atoms with Crippen LogP contribution in [-0.2, 0) is 14.3 Å². The highest BCUT2D eigenvalue weighted by Gasteiger charge is 2.44. The van der Waals surface area contributed by atoms with Crippen LogP contribution in [-0.4, -0.2) is 54.3 Å². The fraction of sp³-hybridized carbons (Fsp3) is 0.636. The lowest BCUT2D eigenvalue weighted by molar-refractivity contribution is -0.132. The number of nitrogens with zero attached hydrogens (tertiary/aromatic N) is 1. The van der Waals surface area contributed by atoms with Gasteiger partial charge in [0.25, 0.3) is 0 Å². The number of ketones is 1. The van der Waals surface area contributed by atoms with Crippen molar-refractivity contribution >= 4 is 11.9 Å². The van der Waals surface area contributed by atoms with Gasteiger partial charge in [-0.15, -0.1) is 0 Å². The molecule has 0 spiro atoms. The van der Waals surface area contributed by atoms with Crippen molar-refractivity contribution in [2.24, 2.45) is 5.92 Å². The van der Waals surface area contributed by atoms with Gasteiger partial charge in [0.15, 0.2) is 0 Å². The first kappa shape index (κ1) is 20.6. The Morgan fingerprint density at radius 1 is 1.11 bits per heavy atom. The van der Waals surface area contributed by atoms with Gasteiger partial charge in [0.05, 0.1) is 31.9 Å². The van der Waals surface area contributed by atoms with E-state index in [1.165, 1.54) is 0 Å². The van der Waals surface area contributed by atoms with Crippen molar-refractivity contribution in [2.75, 3.05) is 19.8 Å². The first-order valence-corrected chi connectivity index (χ1v) is 10.1. The molecule has 2 aliphatic heterocycles. The molecule has 6 nitrogen and oxygen atoms in total. The fourth-order valence-corrected chi connectivity index (χ4v) is 3.95. The molecule has 1 aromatic rings. The molecule has 2 saturated heterocycles. The number of piperidine rings is 1. The van der Waals surface area contributed by atoms with E-state index in [-0.39, 0.29) is 29.9 Å². The number of fused-ring (bicyclic) bond motifs is 2. The molecule has 2 unspecified atom stereocenters. The van der Waals surface area contributed by atoms with Crippen LogP contribution in [0.25, 0.3) is 0 Å². The molecule has 1 amide bonds. The second-order valence-corrected chi connectivity index (χ2v) is 8.63. The van der Waals surface area contributed by atoms with E-state index in [4.69, 9.17) is 14.2 Å². The van der Waals surface area contributed by atoms with Crippen molar-refractivity contribution in [2.45, 2.75) is 64.1 Å². The Balaban J connectivity index is 1.49. The zero-order valence-corrected chi connectivity index (χ0v) is 17.1. The first-order valence-electron chi connectivity index (χ1n) is 10.1. The predicted molar refractivity (Wildman–Crippen MR) is 105 cm³/mol. The average molecular weight is 389 g/mol. The zero-order chi connectivity index (χ0) is 20.1. The van der Waals surface area contributed by atoms with Crippen molar-refractivity contribution in [3.8, 4) is 5.75 Å². The number of morpholine rings is 1. The summed E-state index contributed by atoms with van der Waals surface area (Å²) in [7, 11) is 0. The van der Waals surface area contributed by atoms with Gasteiger partial charge in [-0.05, 0) is 52.2 Å². The normalized spacial score (nSPS) is 24.5. The van der Waals surface area contributed by atoms with Crippen LogP contribution in [0.15, 0.2) is 30.3 Å². The van der Waals surface area contributed by atoms with E-state index in [0.29, 0.717) is 45.5 Å². The monoisotopic (exact) mass is 389 g/mol. The minimum atomic E-state index is -0.530. The van der Waals surface area contributed by atoms with E-state index in [2.05, 4.69) is 0 Å². The summed E-state index contributed by atoms with van der Waals surface area (Å²) in [6.45, 7) is 7.07. The third kappa shape index (κ3) is 5.47. The molecule has 2 heterocycles. The van der Waals surface area contributed by atoms with Crippen LogP contribution in [0, 0.1) is 5.92 Å². The average Bonchev–Trinajstić information content (AvgIpc) is 2.63. The number of amides is 1. The summed E-state index contributed by atoms with van der Waals surface area (Å²) in [5.41, 5.74) is -0.530. The number of carbonyl (C=O) groups excluding carboxylic acids is 2. The maximum atomic E-state index is 12.7. The van der Waals surface area contributed by atoms with Gasteiger partial charge >= 0.3 is 6.09 Å². The molecule has 2 bridgehead atoms. The molecular weight excluding hydrogens is 358 g/mol. The number of hydrogen-bond acceptors (Lipinski definition) is 5. The molecule has 3 rings (SSSR count). The standard InChI is InChI=1S/C22H31NO5/c1-22(2,3)28-21(25)23-17-12-16(13-18(23)15-26-14-17)20(24)10-7-11-27-19-8-5-4-6-9-19/h4-6,8-9,16-18H,7,10-15H2,1-3H3. The minimum Gasteiger partial charge on any atom is -0.494 e. The third-order valence-electron chi connectivity index (χ3n) is 5.16. The molecule has 0 radical (unpaired) electrons. The third-order valence-corrected chi connectivity index (χ3v) is 5.16. The minimum absolute atomic E-state index is 0.0192. The van der Waals surface area contributed by atoms with Crippen LogP contribution in [0.1, 0.15) is 46.5 Å². The van der Waals surface area contributed by atoms with Crippen LogP contribution in [0.5, 0.6) is 5.75 Å². The number of carbonyl (C=O) groups is 2. The molecule has 6 heteroatoms. The summed E-state index contributed by atoms with van der Waals surface area (Å²) in [6.07, 6.45) is 2.20. The van der Waals surface area contributed by atoms with Crippen molar-refractivity contribution in [3.05, 3.63) is 30.3 Å². The van der Waals surface area contributed by atoms with Crippen LogP contribution >= 0.6 is 0 Å². The van der Waals surface area contributed by atoms with E-state index < -0.39 is 5.60 Å². The van der Waals surface area contributed by atoms with Gasteiger partial charge in [-0.3, -0.25) is 9.69 Å². The molecule has 2 fully saturated rings. The molecule has 1 aromatic carbocycles. The number of ether oxygens (including phenoxy) is 3. The number of para-hydroxylation sites is 1. The Morgan fingerprint density at radius 3 is 2.36 bits per heavy atom. The van der Waals surface area contributed by atoms with E-state index in [1.807, 2.05) is 51.1 Å². The van der Waals surface area contributed by atoms with Crippen LogP contribution < -0.4 is 4.74 Å². The predicted octanol–water partition coefficient (Wildman–Crippen LogP) is 3.83. The molecule has 0 aliphatic carbocycles. The number of benzene rings is 1. The summed E-state index contributed by atoms with van der Waals surface area (Å²) in [5, 5.41) is 0.